The molecule has 1 aromatic rings. The highest BCUT2D eigenvalue weighted by molar-refractivity contribution is 5.18. The molecule has 1 N–H and O–H groups in total. The van der Waals surface area contributed by atoms with Crippen LogP contribution in [-0.4, -0.2) is 19.3 Å². The van der Waals surface area contributed by atoms with Crippen LogP contribution in [-0.2, 0) is 4.74 Å². The van der Waals surface area contributed by atoms with Crippen LogP contribution in [0.3, 0.4) is 0 Å². The second-order valence-electron chi connectivity index (χ2n) is 4.23. The van der Waals surface area contributed by atoms with Gasteiger partial charge < -0.3 is 10.1 Å². The van der Waals surface area contributed by atoms with E-state index >= 15 is 0 Å². The summed E-state index contributed by atoms with van der Waals surface area (Å²) in [6.07, 6.45) is 1.34. The molecule has 0 fully saturated rings. The Kier molecular flexibility index (Phi) is 6.12. The van der Waals surface area contributed by atoms with Gasteiger partial charge in [0.1, 0.15) is 0 Å². The van der Waals surface area contributed by atoms with Crippen molar-refractivity contribution in [3.63, 3.8) is 0 Å². The van der Waals surface area contributed by atoms with Crippen LogP contribution in [0, 0.1) is 0 Å². The second kappa shape index (κ2) is 7.42. The van der Waals surface area contributed by atoms with E-state index in [1.807, 2.05) is 0 Å². The van der Waals surface area contributed by atoms with E-state index in [1.54, 1.807) is 0 Å². The van der Waals surface area contributed by atoms with Gasteiger partial charge in [-0.3, -0.25) is 0 Å². The molecular formula is C14H23NO. The van der Waals surface area contributed by atoms with E-state index in [1.165, 1.54) is 5.56 Å². The van der Waals surface area contributed by atoms with Gasteiger partial charge in [-0.25, -0.2) is 0 Å². The largest absolute Gasteiger partial charge is 0.379 e. The zero-order chi connectivity index (χ0) is 11.8. The first kappa shape index (κ1) is 13.2. The number of hydrogen-bond acceptors (Lipinski definition) is 2. The molecule has 2 heteroatoms. The van der Waals surface area contributed by atoms with Crippen molar-refractivity contribution in [3.05, 3.63) is 35.9 Å². The maximum absolute atomic E-state index is 5.60. The maximum atomic E-state index is 5.60. The van der Waals surface area contributed by atoms with Crippen LogP contribution < -0.4 is 5.32 Å². The van der Waals surface area contributed by atoms with Crippen molar-refractivity contribution in [2.45, 2.75) is 39.3 Å². The van der Waals surface area contributed by atoms with Crippen LogP contribution in [0.2, 0.25) is 0 Å². The summed E-state index contributed by atoms with van der Waals surface area (Å²) >= 11 is 0. The predicted octanol–water partition coefficient (Wildman–Crippen LogP) is 3.15. The van der Waals surface area contributed by atoms with Crippen LogP contribution in [0.5, 0.6) is 0 Å². The smallest absolute Gasteiger partial charge is 0.0518 e. The van der Waals surface area contributed by atoms with Crippen LogP contribution in [0.4, 0.5) is 0 Å². The van der Waals surface area contributed by atoms with Crippen molar-refractivity contribution in [2.75, 3.05) is 13.2 Å². The van der Waals surface area contributed by atoms with Gasteiger partial charge in [0.2, 0.25) is 0 Å². The lowest BCUT2D eigenvalue weighted by molar-refractivity contribution is 0.0716. The van der Waals surface area contributed by atoms with Crippen LogP contribution >= 0.6 is 0 Å². The number of ether oxygens (including phenoxy) is 1. The van der Waals surface area contributed by atoms with E-state index in [0.29, 0.717) is 12.1 Å². The molecule has 16 heavy (non-hydrogen) atoms. The zero-order valence-corrected chi connectivity index (χ0v) is 10.6. The van der Waals surface area contributed by atoms with Gasteiger partial charge in [0.15, 0.2) is 0 Å². The SMILES string of the molecule is CCNC(CCOC(C)C)c1ccccc1. The third-order valence-corrected chi connectivity index (χ3v) is 2.51. The van der Waals surface area contributed by atoms with Crippen molar-refractivity contribution in [3.8, 4) is 0 Å². The average molecular weight is 221 g/mol. The Labute approximate surface area is 99.0 Å². The lowest BCUT2D eigenvalue weighted by atomic mass is 10.0. The molecule has 0 aliphatic heterocycles. The number of nitrogens with one attached hydrogen (secondary N) is 1. The van der Waals surface area contributed by atoms with Gasteiger partial charge in [0.25, 0.3) is 0 Å². The fourth-order valence-corrected chi connectivity index (χ4v) is 1.74. The summed E-state index contributed by atoms with van der Waals surface area (Å²) in [6.45, 7) is 8.08. The van der Waals surface area contributed by atoms with E-state index in [0.717, 1.165) is 19.6 Å². The van der Waals surface area contributed by atoms with Crippen LogP contribution in [0.15, 0.2) is 30.3 Å². The summed E-state index contributed by atoms with van der Waals surface area (Å²) in [7, 11) is 0. The minimum absolute atomic E-state index is 0.318. The summed E-state index contributed by atoms with van der Waals surface area (Å²) in [5, 5.41) is 3.49. The Balaban J connectivity index is 2.48. The lowest BCUT2D eigenvalue weighted by Gasteiger charge is -2.19. The highest BCUT2D eigenvalue weighted by atomic mass is 16.5. The molecule has 1 aromatic carbocycles. The van der Waals surface area contributed by atoms with E-state index in [2.05, 4.69) is 56.4 Å². The van der Waals surface area contributed by atoms with Crippen molar-refractivity contribution in [2.24, 2.45) is 0 Å². The molecule has 0 spiro atoms. The summed E-state index contributed by atoms with van der Waals surface area (Å²) in [5.41, 5.74) is 1.34. The van der Waals surface area contributed by atoms with Gasteiger partial charge >= 0.3 is 0 Å². The van der Waals surface area contributed by atoms with E-state index in [-0.39, 0.29) is 0 Å². The number of hydrogen-bond donors (Lipinski definition) is 1. The third kappa shape index (κ3) is 4.77. The fraction of sp³-hybridized carbons (Fsp3) is 0.571. The second-order valence-corrected chi connectivity index (χ2v) is 4.23. The Morgan fingerprint density at radius 1 is 1.19 bits per heavy atom. The first-order valence-electron chi connectivity index (χ1n) is 6.14. The molecule has 0 aliphatic rings. The van der Waals surface area contributed by atoms with Crippen molar-refractivity contribution in [1.29, 1.82) is 0 Å². The highest BCUT2D eigenvalue weighted by Crippen LogP contribution is 2.16. The van der Waals surface area contributed by atoms with E-state index in [9.17, 15) is 0 Å². The molecular weight excluding hydrogens is 198 g/mol. The van der Waals surface area contributed by atoms with Crippen LogP contribution in [0.25, 0.3) is 0 Å². The quantitative estimate of drug-likeness (QED) is 0.763. The van der Waals surface area contributed by atoms with Crippen LogP contribution in [0.1, 0.15) is 38.8 Å². The van der Waals surface area contributed by atoms with Gasteiger partial charge in [0, 0.05) is 12.6 Å². The molecule has 1 atom stereocenters. The Hall–Kier alpha value is -0.860. The minimum Gasteiger partial charge on any atom is -0.379 e. The van der Waals surface area contributed by atoms with Crippen molar-refractivity contribution in [1.82, 2.24) is 5.32 Å². The van der Waals surface area contributed by atoms with Crippen molar-refractivity contribution >= 4 is 0 Å². The van der Waals surface area contributed by atoms with Crippen molar-refractivity contribution < 1.29 is 4.74 Å². The van der Waals surface area contributed by atoms with E-state index < -0.39 is 0 Å². The van der Waals surface area contributed by atoms with Gasteiger partial charge in [-0.15, -0.1) is 0 Å². The fourth-order valence-electron chi connectivity index (χ4n) is 1.74. The Morgan fingerprint density at radius 2 is 1.88 bits per heavy atom. The Morgan fingerprint density at radius 3 is 2.44 bits per heavy atom. The lowest BCUT2D eigenvalue weighted by Crippen LogP contribution is -2.22. The Bertz CT molecular complexity index is 271. The first-order valence-corrected chi connectivity index (χ1v) is 6.14. The highest BCUT2D eigenvalue weighted by Gasteiger charge is 2.09. The molecule has 0 aliphatic carbocycles. The molecule has 0 heterocycles. The molecule has 0 saturated heterocycles. The third-order valence-electron chi connectivity index (χ3n) is 2.51. The summed E-state index contributed by atoms with van der Waals surface area (Å²) < 4.78 is 5.60. The normalized spacial score (nSPS) is 13.0. The topological polar surface area (TPSA) is 21.3 Å². The first-order chi connectivity index (χ1) is 7.74. The monoisotopic (exact) mass is 221 g/mol. The average Bonchev–Trinajstić information content (AvgIpc) is 2.29. The molecule has 0 amide bonds. The van der Waals surface area contributed by atoms with Gasteiger partial charge in [-0.05, 0) is 32.4 Å². The summed E-state index contributed by atoms with van der Waals surface area (Å²) in [4.78, 5) is 0. The minimum atomic E-state index is 0.318. The predicted molar refractivity (Wildman–Crippen MR) is 68.6 cm³/mol. The summed E-state index contributed by atoms with van der Waals surface area (Å²) in [6, 6.07) is 11.0. The summed E-state index contributed by atoms with van der Waals surface area (Å²) in [5.74, 6) is 0. The zero-order valence-electron chi connectivity index (χ0n) is 10.6. The number of rotatable bonds is 7. The van der Waals surface area contributed by atoms with Gasteiger partial charge in [-0.1, -0.05) is 37.3 Å². The van der Waals surface area contributed by atoms with Gasteiger partial charge in [0.05, 0.1) is 6.10 Å². The molecule has 90 valence electrons. The number of benzene rings is 1. The molecule has 1 unspecified atom stereocenters. The molecule has 2 nitrogen and oxygen atoms in total. The molecule has 1 rings (SSSR count). The standard InChI is InChI=1S/C14H23NO/c1-4-15-14(10-11-16-12(2)3)13-8-6-5-7-9-13/h5-9,12,14-15H,4,10-11H2,1-3H3. The molecule has 0 radical (unpaired) electrons. The molecule has 0 bridgehead atoms. The molecule has 0 aromatic heterocycles. The van der Waals surface area contributed by atoms with E-state index in [4.69, 9.17) is 4.74 Å². The molecule has 0 saturated carbocycles. The maximum Gasteiger partial charge on any atom is 0.0518 e. The van der Waals surface area contributed by atoms with Gasteiger partial charge in [-0.2, -0.15) is 0 Å².